The van der Waals surface area contributed by atoms with E-state index in [1.807, 2.05) is 18.2 Å². The number of aliphatic hydroxyl groups is 1. The number of hydrogen-bond donors (Lipinski definition) is 1. The first-order chi connectivity index (χ1) is 13.7. The van der Waals surface area contributed by atoms with Crippen molar-refractivity contribution in [2.24, 2.45) is 17.8 Å². The average Bonchev–Trinajstić information content (AvgIpc) is 2.68. The molecule has 0 aromatic heterocycles. The monoisotopic (exact) mass is 454 g/mol. The van der Waals surface area contributed by atoms with Crippen molar-refractivity contribution in [1.29, 1.82) is 0 Å². The molecule has 1 N–H and O–H groups in total. The Balaban J connectivity index is 2.03. The topological polar surface area (TPSA) is 46.5 Å². The maximum Gasteiger partial charge on any atom is 0.264 e. The molecule has 2 unspecified atom stereocenters. The molecule has 1 fully saturated rings. The normalized spacial score (nSPS) is 25.6. The zero-order chi connectivity index (χ0) is 21.2. The molecular formula is C23H29Cl2O3P. The zero-order valence-electron chi connectivity index (χ0n) is 17.1. The highest BCUT2D eigenvalue weighted by atomic mass is 35.5. The van der Waals surface area contributed by atoms with Crippen molar-refractivity contribution in [2.45, 2.75) is 52.0 Å². The lowest BCUT2D eigenvalue weighted by molar-refractivity contribution is 0.0427. The fourth-order valence-electron chi connectivity index (χ4n) is 4.23. The molecule has 1 aliphatic carbocycles. The minimum Gasteiger partial charge on any atom is -0.378 e. The van der Waals surface area contributed by atoms with Crippen LogP contribution in [0.1, 0.15) is 51.4 Å². The molecule has 0 radical (unpaired) electrons. The van der Waals surface area contributed by atoms with Crippen LogP contribution in [0.15, 0.2) is 48.5 Å². The van der Waals surface area contributed by atoms with Gasteiger partial charge >= 0.3 is 0 Å². The molecule has 2 aromatic rings. The van der Waals surface area contributed by atoms with E-state index in [4.69, 9.17) is 27.7 Å². The van der Waals surface area contributed by atoms with Gasteiger partial charge in [-0.25, -0.2) is 0 Å². The summed E-state index contributed by atoms with van der Waals surface area (Å²) in [6.45, 7) is 6.56. The van der Waals surface area contributed by atoms with Gasteiger partial charge in [-0.15, -0.1) is 0 Å². The highest BCUT2D eigenvalue weighted by molar-refractivity contribution is 7.67. The van der Waals surface area contributed by atoms with Crippen LogP contribution in [-0.2, 0) is 9.09 Å². The average molecular weight is 455 g/mol. The summed E-state index contributed by atoms with van der Waals surface area (Å²) in [6.07, 6.45) is 2.84. The molecule has 0 saturated heterocycles. The van der Waals surface area contributed by atoms with E-state index in [9.17, 15) is 9.67 Å². The molecule has 3 rings (SSSR count). The predicted molar refractivity (Wildman–Crippen MR) is 121 cm³/mol. The van der Waals surface area contributed by atoms with Gasteiger partial charge in [0.15, 0.2) is 5.85 Å². The van der Waals surface area contributed by atoms with Crippen LogP contribution in [0, 0.1) is 17.8 Å². The van der Waals surface area contributed by atoms with E-state index in [0.29, 0.717) is 33.6 Å². The Morgan fingerprint density at radius 2 is 1.79 bits per heavy atom. The van der Waals surface area contributed by atoms with E-state index >= 15 is 0 Å². The second-order valence-electron chi connectivity index (χ2n) is 8.44. The van der Waals surface area contributed by atoms with Crippen LogP contribution in [0.4, 0.5) is 0 Å². The maximum absolute atomic E-state index is 14.3. The maximum atomic E-state index is 14.3. The van der Waals surface area contributed by atoms with Crippen LogP contribution in [-0.4, -0.2) is 11.2 Å². The molecule has 158 valence electrons. The molecule has 0 bridgehead atoms. The van der Waals surface area contributed by atoms with Gasteiger partial charge in [0.25, 0.3) is 7.37 Å². The van der Waals surface area contributed by atoms with Crippen LogP contribution in [0.3, 0.4) is 0 Å². The van der Waals surface area contributed by atoms with Crippen molar-refractivity contribution >= 4 is 35.9 Å². The Kier molecular flexibility index (Phi) is 7.51. The lowest BCUT2D eigenvalue weighted by Gasteiger charge is -2.40. The summed E-state index contributed by atoms with van der Waals surface area (Å²) in [5, 5.41) is 12.5. The van der Waals surface area contributed by atoms with Gasteiger partial charge in [-0.2, -0.15) is 0 Å². The minimum atomic E-state index is -3.67. The first kappa shape index (κ1) is 22.8. The molecule has 3 nitrogen and oxygen atoms in total. The smallest absolute Gasteiger partial charge is 0.264 e. The summed E-state index contributed by atoms with van der Waals surface area (Å²) >= 11 is 12.4. The Hall–Kier alpha value is -0.830. The standard InChI is InChI=1S/C23H29Cl2O3P/c1-15(2)19-11-9-16(3)13-22(19)28-29(27,18-7-5-4-6-8-18)23(26)20-12-10-17(24)14-21(20)25/h4-8,10,12,14-16,19,22-23,26H,9,11,13H2,1-3H3/t16-,19+,22-,23?,29?/m1/s1. The Bertz CT molecular complexity index is 872. The minimum absolute atomic E-state index is 0.175. The Labute approximate surface area is 183 Å². The predicted octanol–water partition coefficient (Wildman–Crippen LogP) is 7.07. The molecular weight excluding hydrogens is 426 g/mol. The molecule has 0 heterocycles. The fourth-order valence-corrected chi connectivity index (χ4v) is 7.16. The molecule has 1 aliphatic rings. The van der Waals surface area contributed by atoms with Crippen molar-refractivity contribution in [3.8, 4) is 0 Å². The Morgan fingerprint density at radius 3 is 2.41 bits per heavy atom. The van der Waals surface area contributed by atoms with E-state index in [1.165, 1.54) is 0 Å². The third-order valence-electron chi connectivity index (χ3n) is 5.93. The van der Waals surface area contributed by atoms with E-state index in [2.05, 4.69) is 20.8 Å². The molecule has 6 heteroatoms. The van der Waals surface area contributed by atoms with Crippen LogP contribution in [0.2, 0.25) is 10.0 Å². The first-order valence-electron chi connectivity index (χ1n) is 10.2. The third-order valence-corrected chi connectivity index (χ3v) is 9.02. The van der Waals surface area contributed by atoms with Crippen molar-refractivity contribution in [2.75, 3.05) is 0 Å². The lowest BCUT2D eigenvalue weighted by Crippen LogP contribution is -2.35. The lowest BCUT2D eigenvalue weighted by atomic mass is 9.75. The summed E-state index contributed by atoms with van der Waals surface area (Å²) < 4.78 is 20.8. The summed E-state index contributed by atoms with van der Waals surface area (Å²) in [4.78, 5) is 0. The van der Waals surface area contributed by atoms with Gasteiger partial charge in [-0.05, 0) is 54.9 Å². The summed E-state index contributed by atoms with van der Waals surface area (Å²) in [6, 6.07) is 13.8. The van der Waals surface area contributed by atoms with Gasteiger partial charge in [0.1, 0.15) is 0 Å². The largest absolute Gasteiger partial charge is 0.378 e. The van der Waals surface area contributed by atoms with Gasteiger partial charge in [0, 0.05) is 20.9 Å². The van der Waals surface area contributed by atoms with Crippen LogP contribution in [0.25, 0.3) is 0 Å². The van der Waals surface area contributed by atoms with Crippen LogP contribution >= 0.6 is 30.6 Å². The third kappa shape index (κ3) is 5.09. The molecule has 5 atom stereocenters. The van der Waals surface area contributed by atoms with Gasteiger partial charge < -0.3 is 9.63 Å². The number of rotatable bonds is 6. The van der Waals surface area contributed by atoms with Crippen LogP contribution < -0.4 is 5.30 Å². The Morgan fingerprint density at radius 1 is 1.10 bits per heavy atom. The molecule has 1 saturated carbocycles. The SMILES string of the molecule is CC(C)[C@@H]1CC[C@@H](C)C[C@H]1OP(=O)(c1ccccc1)C(O)c1ccc(Cl)cc1Cl. The van der Waals surface area contributed by atoms with Gasteiger partial charge in [-0.3, -0.25) is 4.57 Å². The zero-order valence-corrected chi connectivity index (χ0v) is 19.5. The van der Waals surface area contributed by atoms with Gasteiger partial charge in [0.05, 0.1) is 6.10 Å². The molecule has 0 spiro atoms. The van der Waals surface area contributed by atoms with E-state index < -0.39 is 13.2 Å². The fraction of sp³-hybridized carbons (Fsp3) is 0.478. The summed E-state index contributed by atoms with van der Waals surface area (Å²) in [5.74, 6) is -0.153. The number of hydrogen-bond acceptors (Lipinski definition) is 3. The first-order valence-corrected chi connectivity index (χ1v) is 12.6. The van der Waals surface area contributed by atoms with Crippen LogP contribution in [0.5, 0.6) is 0 Å². The molecule has 2 aromatic carbocycles. The van der Waals surface area contributed by atoms with E-state index in [-0.39, 0.29) is 11.1 Å². The molecule has 0 amide bonds. The number of halogens is 2. The second kappa shape index (κ2) is 9.54. The highest BCUT2D eigenvalue weighted by Gasteiger charge is 2.43. The number of benzene rings is 2. The molecule has 29 heavy (non-hydrogen) atoms. The summed E-state index contributed by atoms with van der Waals surface area (Å²) in [5.41, 5.74) is 0.369. The second-order valence-corrected chi connectivity index (χ2v) is 11.7. The molecule has 0 aliphatic heterocycles. The quantitative estimate of drug-likeness (QED) is 0.474. The van der Waals surface area contributed by atoms with E-state index in [1.54, 1.807) is 30.3 Å². The number of aliphatic hydroxyl groups excluding tert-OH is 1. The van der Waals surface area contributed by atoms with Crippen molar-refractivity contribution in [3.63, 3.8) is 0 Å². The van der Waals surface area contributed by atoms with Gasteiger partial charge in [-0.1, -0.05) is 74.7 Å². The summed E-state index contributed by atoms with van der Waals surface area (Å²) in [7, 11) is -3.67. The van der Waals surface area contributed by atoms with Crippen molar-refractivity contribution < 1.29 is 14.2 Å². The van der Waals surface area contributed by atoms with Gasteiger partial charge in [0.2, 0.25) is 0 Å². The highest BCUT2D eigenvalue weighted by Crippen LogP contribution is 2.61. The van der Waals surface area contributed by atoms with Crippen molar-refractivity contribution in [1.82, 2.24) is 0 Å². The van der Waals surface area contributed by atoms with Crippen molar-refractivity contribution in [3.05, 3.63) is 64.1 Å². The van der Waals surface area contributed by atoms with E-state index in [0.717, 1.165) is 19.3 Å².